The Morgan fingerprint density at radius 2 is 1.93 bits per heavy atom. The molecule has 0 aliphatic rings. The van der Waals surface area contributed by atoms with Gasteiger partial charge in [-0.15, -0.1) is 0 Å². The highest BCUT2D eigenvalue weighted by Gasteiger charge is 2.17. The van der Waals surface area contributed by atoms with Crippen molar-refractivity contribution in [2.24, 2.45) is 0 Å². The lowest BCUT2D eigenvalue weighted by Crippen LogP contribution is -2.48. The summed E-state index contributed by atoms with van der Waals surface area (Å²) in [4.78, 5) is 13.4. The monoisotopic (exact) mass is 198 g/mol. The minimum atomic E-state index is -0.181. The minimum Gasteiger partial charge on any atom is -0.333 e. The number of amides is 2. The molecule has 0 saturated carbocycles. The van der Waals surface area contributed by atoms with Gasteiger partial charge in [0.25, 0.3) is 0 Å². The van der Waals surface area contributed by atoms with Crippen molar-refractivity contribution in [3.05, 3.63) is 12.2 Å². The summed E-state index contributed by atoms with van der Waals surface area (Å²) in [5, 5.41) is 2.92. The average Bonchev–Trinajstić information content (AvgIpc) is 1.96. The van der Waals surface area contributed by atoms with E-state index < -0.39 is 0 Å². The van der Waals surface area contributed by atoms with Gasteiger partial charge in [-0.05, 0) is 34.6 Å². The molecule has 0 spiro atoms. The van der Waals surface area contributed by atoms with Gasteiger partial charge in [-0.3, -0.25) is 0 Å². The van der Waals surface area contributed by atoms with E-state index in [1.807, 2.05) is 34.6 Å². The molecule has 3 heteroatoms. The van der Waals surface area contributed by atoms with Crippen LogP contribution in [0.3, 0.4) is 0 Å². The van der Waals surface area contributed by atoms with Crippen LogP contribution in [-0.2, 0) is 0 Å². The van der Waals surface area contributed by atoms with E-state index in [9.17, 15) is 4.79 Å². The molecule has 14 heavy (non-hydrogen) atoms. The zero-order valence-corrected chi connectivity index (χ0v) is 9.98. The molecule has 0 aromatic heterocycles. The van der Waals surface area contributed by atoms with Gasteiger partial charge in [-0.1, -0.05) is 12.2 Å². The zero-order chi connectivity index (χ0) is 11.4. The maximum atomic E-state index is 11.7. The molecule has 3 nitrogen and oxygen atoms in total. The number of carbonyl (C=O) groups is 1. The third kappa shape index (κ3) is 5.62. The molecule has 0 aliphatic carbocycles. The number of hydrogen-bond acceptors (Lipinski definition) is 1. The minimum absolute atomic E-state index is 0.0250. The highest BCUT2D eigenvalue weighted by Crippen LogP contribution is 2.02. The largest absolute Gasteiger partial charge is 0.333 e. The molecule has 2 amide bonds. The first-order chi connectivity index (χ1) is 6.26. The Morgan fingerprint density at radius 1 is 1.43 bits per heavy atom. The van der Waals surface area contributed by atoms with Crippen LogP contribution in [0.4, 0.5) is 4.79 Å². The molecule has 0 heterocycles. The van der Waals surface area contributed by atoms with E-state index in [2.05, 4.69) is 11.9 Å². The Bertz CT molecular complexity index is 216. The van der Waals surface area contributed by atoms with Crippen molar-refractivity contribution in [3.63, 3.8) is 0 Å². The van der Waals surface area contributed by atoms with Gasteiger partial charge in [0.05, 0.1) is 0 Å². The highest BCUT2D eigenvalue weighted by atomic mass is 16.2. The van der Waals surface area contributed by atoms with E-state index in [4.69, 9.17) is 0 Å². The Balaban J connectivity index is 4.25. The summed E-state index contributed by atoms with van der Waals surface area (Å²) in [6, 6.07) is -0.0250. The van der Waals surface area contributed by atoms with Crippen LogP contribution in [-0.4, -0.2) is 29.6 Å². The van der Waals surface area contributed by atoms with Crippen LogP contribution in [0.25, 0.3) is 0 Å². The molecule has 0 aromatic rings. The Hall–Kier alpha value is -0.990. The van der Waals surface area contributed by atoms with Crippen molar-refractivity contribution in [1.82, 2.24) is 10.2 Å². The summed E-state index contributed by atoms with van der Waals surface area (Å²) < 4.78 is 0. The fraction of sp³-hybridized carbons (Fsp3) is 0.727. The number of carbonyl (C=O) groups excluding carboxylic acids is 1. The van der Waals surface area contributed by atoms with Gasteiger partial charge in [0.1, 0.15) is 0 Å². The lowest BCUT2D eigenvalue weighted by Gasteiger charge is -2.27. The molecule has 0 radical (unpaired) electrons. The lowest BCUT2D eigenvalue weighted by atomic mass is 10.1. The van der Waals surface area contributed by atoms with Crippen molar-refractivity contribution in [1.29, 1.82) is 0 Å². The van der Waals surface area contributed by atoms with Crippen LogP contribution in [0, 0.1) is 0 Å². The van der Waals surface area contributed by atoms with Crippen molar-refractivity contribution in [2.45, 2.75) is 40.2 Å². The van der Waals surface area contributed by atoms with E-state index in [0.717, 1.165) is 5.57 Å². The maximum Gasteiger partial charge on any atom is 0.318 e. The summed E-state index contributed by atoms with van der Waals surface area (Å²) in [6.07, 6.45) is 0. The molecular formula is C11H22N2O. The smallest absolute Gasteiger partial charge is 0.318 e. The predicted molar refractivity (Wildman–Crippen MR) is 60.3 cm³/mol. The molecule has 0 atom stereocenters. The summed E-state index contributed by atoms with van der Waals surface area (Å²) in [7, 11) is 0. The van der Waals surface area contributed by atoms with E-state index in [-0.39, 0.29) is 11.6 Å². The molecule has 0 rings (SSSR count). The van der Waals surface area contributed by atoms with Gasteiger partial charge in [0, 0.05) is 18.6 Å². The van der Waals surface area contributed by atoms with Crippen LogP contribution in [0.5, 0.6) is 0 Å². The molecule has 1 N–H and O–H groups in total. The first kappa shape index (κ1) is 13.0. The standard InChI is InChI=1S/C11H22N2O/c1-7-13(8-9(2)3)10(14)12-11(4,5)6/h2,7-8H2,1,3-6H3,(H,12,14). The molecule has 0 fully saturated rings. The average molecular weight is 198 g/mol. The molecule has 82 valence electrons. The number of nitrogens with zero attached hydrogens (tertiary/aromatic N) is 1. The number of hydrogen-bond donors (Lipinski definition) is 1. The fourth-order valence-corrected chi connectivity index (χ4v) is 1.05. The normalized spacial score (nSPS) is 10.9. The summed E-state index contributed by atoms with van der Waals surface area (Å²) in [5.74, 6) is 0. The highest BCUT2D eigenvalue weighted by molar-refractivity contribution is 5.75. The van der Waals surface area contributed by atoms with Crippen LogP contribution in [0.15, 0.2) is 12.2 Å². The number of urea groups is 1. The SMILES string of the molecule is C=C(C)CN(CC)C(=O)NC(C)(C)C. The van der Waals surface area contributed by atoms with Crippen LogP contribution < -0.4 is 5.32 Å². The van der Waals surface area contributed by atoms with E-state index >= 15 is 0 Å². The van der Waals surface area contributed by atoms with Gasteiger partial charge < -0.3 is 10.2 Å². The Labute approximate surface area is 87.2 Å². The third-order valence-electron chi connectivity index (χ3n) is 1.61. The van der Waals surface area contributed by atoms with Gasteiger partial charge in [-0.25, -0.2) is 4.79 Å². The van der Waals surface area contributed by atoms with Gasteiger partial charge >= 0.3 is 6.03 Å². The molecular weight excluding hydrogens is 176 g/mol. The third-order valence-corrected chi connectivity index (χ3v) is 1.61. The van der Waals surface area contributed by atoms with Crippen molar-refractivity contribution in [3.8, 4) is 0 Å². The first-order valence-corrected chi connectivity index (χ1v) is 4.97. The Kier molecular flexibility index (Phi) is 4.68. The fourth-order valence-electron chi connectivity index (χ4n) is 1.05. The van der Waals surface area contributed by atoms with Crippen LogP contribution >= 0.6 is 0 Å². The summed E-state index contributed by atoms with van der Waals surface area (Å²) >= 11 is 0. The first-order valence-electron chi connectivity index (χ1n) is 4.97. The molecule has 0 aromatic carbocycles. The van der Waals surface area contributed by atoms with E-state index in [0.29, 0.717) is 13.1 Å². The van der Waals surface area contributed by atoms with Crippen molar-refractivity contribution < 1.29 is 4.79 Å². The second-order valence-electron chi connectivity index (χ2n) is 4.65. The van der Waals surface area contributed by atoms with Crippen molar-refractivity contribution in [2.75, 3.05) is 13.1 Å². The van der Waals surface area contributed by atoms with Crippen LogP contribution in [0.2, 0.25) is 0 Å². The van der Waals surface area contributed by atoms with Crippen LogP contribution in [0.1, 0.15) is 34.6 Å². The second-order valence-corrected chi connectivity index (χ2v) is 4.65. The molecule has 0 saturated heterocycles. The maximum absolute atomic E-state index is 11.7. The van der Waals surface area contributed by atoms with Crippen molar-refractivity contribution >= 4 is 6.03 Å². The number of nitrogens with one attached hydrogen (secondary N) is 1. The summed E-state index contributed by atoms with van der Waals surface area (Å²) in [6.45, 7) is 14.9. The van der Waals surface area contributed by atoms with Gasteiger partial charge in [-0.2, -0.15) is 0 Å². The van der Waals surface area contributed by atoms with Gasteiger partial charge in [0.2, 0.25) is 0 Å². The predicted octanol–water partition coefficient (Wildman–Crippen LogP) is 2.39. The quantitative estimate of drug-likeness (QED) is 0.694. The molecule has 0 bridgehead atoms. The Morgan fingerprint density at radius 3 is 2.21 bits per heavy atom. The number of rotatable bonds is 3. The topological polar surface area (TPSA) is 32.3 Å². The van der Waals surface area contributed by atoms with E-state index in [1.165, 1.54) is 0 Å². The van der Waals surface area contributed by atoms with E-state index in [1.54, 1.807) is 4.90 Å². The second kappa shape index (κ2) is 5.03. The number of likely N-dealkylation sites (N-methyl/N-ethyl adjacent to an activating group) is 1. The summed E-state index contributed by atoms with van der Waals surface area (Å²) in [5.41, 5.74) is 0.815. The van der Waals surface area contributed by atoms with Gasteiger partial charge in [0.15, 0.2) is 0 Å². The zero-order valence-electron chi connectivity index (χ0n) is 9.98. The molecule has 0 aliphatic heterocycles. The molecule has 0 unspecified atom stereocenters. The lowest BCUT2D eigenvalue weighted by molar-refractivity contribution is 0.195.